The van der Waals surface area contributed by atoms with Crippen LogP contribution >= 0.6 is 0 Å². The van der Waals surface area contributed by atoms with E-state index in [2.05, 4.69) is 172 Å². The fourth-order valence-corrected chi connectivity index (χ4v) is 8.18. The summed E-state index contributed by atoms with van der Waals surface area (Å²) in [5, 5.41) is 10.4. The highest BCUT2D eigenvalue weighted by atomic mass is 14.9. The molecule has 0 amide bonds. The van der Waals surface area contributed by atoms with Crippen molar-refractivity contribution in [1.82, 2.24) is 9.97 Å². The van der Waals surface area contributed by atoms with Gasteiger partial charge < -0.3 is 0 Å². The van der Waals surface area contributed by atoms with Crippen LogP contribution in [0.4, 0.5) is 0 Å². The maximum Gasteiger partial charge on any atom is 0.160 e. The van der Waals surface area contributed by atoms with E-state index in [4.69, 9.17) is 9.97 Å². The average Bonchev–Trinajstić information content (AvgIpc) is 3.57. The number of hydrogen-bond acceptors (Lipinski definition) is 2. The van der Waals surface area contributed by atoms with E-state index in [0.29, 0.717) is 5.82 Å². The van der Waals surface area contributed by atoms with Crippen LogP contribution in [0.3, 0.4) is 0 Å². The Labute approximate surface area is 297 Å². The Balaban J connectivity index is 1.15. The summed E-state index contributed by atoms with van der Waals surface area (Å²) < 4.78 is 0. The van der Waals surface area contributed by atoms with Crippen molar-refractivity contribution >= 4 is 44.0 Å². The lowest BCUT2D eigenvalue weighted by atomic mass is 9.77. The second kappa shape index (κ2) is 11.3. The van der Waals surface area contributed by atoms with Crippen molar-refractivity contribution in [3.8, 4) is 45.0 Å². The van der Waals surface area contributed by atoms with Gasteiger partial charge in [-0.1, -0.05) is 147 Å². The van der Waals surface area contributed by atoms with E-state index in [0.717, 1.165) is 33.6 Å². The van der Waals surface area contributed by atoms with Gasteiger partial charge in [0, 0.05) is 22.1 Å². The number of rotatable bonds is 4. The lowest BCUT2D eigenvalue weighted by Crippen LogP contribution is -2.27. The monoisotopic (exact) mass is 650 g/mol. The fraction of sp³-hybridized carbons (Fsp3) is 0.0612. The van der Waals surface area contributed by atoms with Crippen LogP contribution < -0.4 is 10.4 Å². The molecular formula is C49H34N2. The zero-order valence-corrected chi connectivity index (χ0v) is 28.6. The number of allylic oxidation sites excluding steroid dienone is 4. The number of nitrogens with zero attached hydrogens (tertiary/aromatic N) is 2. The largest absolute Gasteiger partial charge is 0.228 e. The molecule has 0 saturated carbocycles. The molecule has 0 aliphatic heterocycles. The lowest BCUT2D eigenvalue weighted by molar-refractivity contribution is 0.644. The molecule has 0 bridgehead atoms. The second-order valence-corrected chi connectivity index (χ2v) is 14.3. The van der Waals surface area contributed by atoms with Crippen molar-refractivity contribution in [1.29, 1.82) is 0 Å². The molecule has 0 atom stereocenters. The molecule has 10 rings (SSSR count). The Bertz CT molecular complexity index is 2860. The topological polar surface area (TPSA) is 25.8 Å². The van der Waals surface area contributed by atoms with E-state index >= 15 is 0 Å². The molecule has 0 spiro atoms. The maximum atomic E-state index is 5.10. The molecule has 2 aliphatic rings. The number of benzene rings is 7. The van der Waals surface area contributed by atoms with Gasteiger partial charge in [-0.25, -0.2) is 9.97 Å². The standard InChI is InChI=1S/C49H34N2/c1-49(2)24-12-19-35-26-37-28-43-39-21-10-9-20-38(39)42-27-34(22-23-40(42)44(43)29-41(37)47(35)49)33-17-11-18-36(25-33)48-50-45(31-13-5-3-6-14-31)30-46(51-48)32-15-7-4-8-16-32/h3-30H,1-2H3. The second-order valence-electron chi connectivity index (χ2n) is 14.3. The zero-order valence-electron chi connectivity index (χ0n) is 28.6. The van der Waals surface area contributed by atoms with Crippen LogP contribution in [-0.4, -0.2) is 9.97 Å². The highest BCUT2D eigenvalue weighted by molar-refractivity contribution is 6.26. The average molecular weight is 651 g/mol. The lowest BCUT2D eigenvalue weighted by Gasteiger charge is -2.26. The highest BCUT2D eigenvalue weighted by Gasteiger charge is 2.28. The summed E-state index contributed by atoms with van der Waals surface area (Å²) in [7, 11) is 0. The van der Waals surface area contributed by atoms with Gasteiger partial charge in [0.1, 0.15) is 0 Å². The molecule has 0 N–H and O–H groups in total. The number of aromatic nitrogens is 2. The summed E-state index contributed by atoms with van der Waals surface area (Å²) in [5.74, 6) is 0.714. The van der Waals surface area contributed by atoms with E-state index in [1.165, 1.54) is 59.5 Å². The predicted molar refractivity (Wildman–Crippen MR) is 214 cm³/mol. The van der Waals surface area contributed by atoms with Gasteiger partial charge in [-0.15, -0.1) is 0 Å². The molecule has 51 heavy (non-hydrogen) atoms. The van der Waals surface area contributed by atoms with Gasteiger partial charge in [-0.05, 0) is 101 Å². The summed E-state index contributed by atoms with van der Waals surface area (Å²) >= 11 is 0. The zero-order chi connectivity index (χ0) is 34.1. The highest BCUT2D eigenvalue weighted by Crippen LogP contribution is 2.41. The van der Waals surface area contributed by atoms with Crippen molar-refractivity contribution in [2.45, 2.75) is 13.8 Å². The van der Waals surface area contributed by atoms with Gasteiger partial charge in [0.2, 0.25) is 0 Å². The molecule has 2 nitrogen and oxygen atoms in total. The normalized spacial score (nSPS) is 14.4. The molecule has 0 fully saturated rings. The maximum absolute atomic E-state index is 5.10. The first-order valence-electron chi connectivity index (χ1n) is 17.7. The van der Waals surface area contributed by atoms with Crippen molar-refractivity contribution in [2.75, 3.05) is 0 Å². The summed E-state index contributed by atoms with van der Waals surface area (Å²) in [6.45, 7) is 4.65. The van der Waals surface area contributed by atoms with Gasteiger partial charge in [-0.2, -0.15) is 0 Å². The van der Waals surface area contributed by atoms with E-state index in [9.17, 15) is 0 Å². The SMILES string of the molecule is CC1(C)C=CC=C2C=c3cc4c5ccccc5c5cc(-c6cccc(-c7nc(-c8ccccc8)cc(-c8ccccc8)n7)c6)ccc5c4cc3=C21. The van der Waals surface area contributed by atoms with Gasteiger partial charge in [0.15, 0.2) is 5.82 Å². The van der Waals surface area contributed by atoms with Crippen molar-refractivity contribution in [3.05, 3.63) is 180 Å². The Kier molecular flexibility index (Phi) is 6.56. The molecule has 0 saturated heterocycles. The van der Waals surface area contributed by atoms with Crippen LogP contribution in [0.2, 0.25) is 0 Å². The third kappa shape index (κ3) is 4.87. The van der Waals surface area contributed by atoms with E-state index < -0.39 is 0 Å². The molecule has 240 valence electrons. The summed E-state index contributed by atoms with van der Waals surface area (Å²) in [4.78, 5) is 10.2. The van der Waals surface area contributed by atoms with Crippen LogP contribution in [0.25, 0.3) is 89.0 Å². The summed E-state index contributed by atoms with van der Waals surface area (Å²) in [6.07, 6.45) is 9.15. The van der Waals surface area contributed by atoms with Crippen LogP contribution in [0, 0.1) is 5.41 Å². The Morgan fingerprint density at radius 3 is 1.73 bits per heavy atom. The Hall–Kier alpha value is -6.38. The molecule has 7 aromatic carbocycles. The molecule has 1 aromatic heterocycles. The smallest absolute Gasteiger partial charge is 0.160 e. The first kappa shape index (κ1) is 29.5. The van der Waals surface area contributed by atoms with Gasteiger partial charge in [0.25, 0.3) is 0 Å². The van der Waals surface area contributed by atoms with Gasteiger partial charge >= 0.3 is 0 Å². The van der Waals surface area contributed by atoms with Crippen LogP contribution in [-0.2, 0) is 0 Å². The van der Waals surface area contributed by atoms with Crippen LogP contribution in [0.15, 0.2) is 169 Å². The quantitative estimate of drug-likeness (QED) is 0.177. The molecule has 1 heterocycles. The van der Waals surface area contributed by atoms with Crippen molar-refractivity contribution in [2.24, 2.45) is 5.41 Å². The molecule has 2 aliphatic carbocycles. The minimum Gasteiger partial charge on any atom is -0.228 e. The minimum absolute atomic E-state index is 0.0173. The number of fused-ring (bicyclic) bond motifs is 8. The molecule has 0 radical (unpaired) electrons. The van der Waals surface area contributed by atoms with E-state index in [1.807, 2.05) is 12.1 Å². The first-order valence-corrected chi connectivity index (χ1v) is 17.7. The summed E-state index contributed by atoms with van der Waals surface area (Å²) in [5.41, 5.74) is 9.99. The van der Waals surface area contributed by atoms with E-state index in [1.54, 1.807) is 0 Å². The van der Waals surface area contributed by atoms with Crippen molar-refractivity contribution < 1.29 is 0 Å². The Morgan fingerprint density at radius 1 is 0.451 bits per heavy atom. The third-order valence-corrected chi connectivity index (χ3v) is 10.6. The number of hydrogen-bond donors (Lipinski definition) is 0. The summed E-state index contributed by atoms with van der Waals surface area (Å²) in [6, 6.07) is 52.2. The van der Waals surface area contributed by atoms with Crippen LogP contribution in [0.5, 0.6) is 0 Å². The minimum atomic E-state index is -0.0173. The van der Waals surface area contributed by atoms with E-state index in [-0.39, 0.29) is 5.41 Å². The molecular weight excluding hydrogens is 617 g/mol. The van der Waals surface area contributed by atoms with Gasteiger partial charge in [0.05, 0.1) is 11.4 Å². The van der Waals surface area contributed by atoms with Crippen LogP contribution in [0.1, 0.15) is 13.8 Å². The molecule has 2 heteroatoms. The molecule has 8 aromatic rings. The first-order chi connectivity index (χ1) is 25.0. The predicted octanol–water partition coefficient (Wildman–Crippen LogP) is 11.1. The van der Waals surface area contributed by atoms with Crippen molar-refractivity contribution in [3.63, 3.8) is 0 Å². The fourth-order valence-electron chi connectivity index (χ4n) is 8.18. The molecule has 0 unspecified atom stereocenters. The third-order valence-electron chi connectivity index (χ3n) is 10.6. The Morgan fingerprint density at radius 2 is 1.02 bits per heavy atom. The van der Waals surface area contributed by atoms with Gasteiger partial charge in [-0.3, -0.25) is 0 Å².